The zero-order chi connectivity index (χ0) is 33.6. The second-order valence-corrected chi connectivity index (χ2v) is 13.8. The third-order valence-corrected chi connectivity index (χ3v) is 8.48. The summed E-state index contributed by atoms with van der Waals surface area (Å²) in [6.07, 6.45) is 27.2. The lowest BCUT2D eigenvalue weighted by atomic mass is 10.0. The van der Waals surface area contributed by atoms with E-state index in [0.29, 0.717) is 25.7 Å². The Morgan fingerprint density at radius 3 is 1.42 bits per heavy atom. The molecule has 0 saturated carbocycles. The van der Waals surface area contributed by atoms with Crippen LogP contribution in [0.15, 0.2) is 0 Å². The van der Waals surface area contributed by atoms with Crippen molar-refractivity contribution >= 4 is 17.9 Å². The lowest BCUT2D eigenvalue weighted by molar-refractivity contribution is -0.887. The number of hydrogen-bond donors (Lipinski definition) is 1. The van der Waals surface area contributed by atoms with Crippen molar-refractivity contribution in [2.75, 3.05) is 41.0 Å². The molecule has 0 aliphatic carbocycles. The van der Waals surface area contributed by atoms with E-state index in [1.54, 1.807) is 0 Å². The van der Waals surface area contributed by atoms with Gasteiger partial charge in [0.25, 0.3) is 0 Å². The fourth-order valence-corrected chi connectivity index (χ4v) is 5.60. The number of carbonyl (C=O) groups excluding carboxylic acids is 2. The van der Waals surface area contributed by atoms with Crippen molar-refractivity contribution < 1.29 is 38.2 Å². The van der Waals surface area contributed by atoms with Crippen molar-refractivity contribution in [2.24, 2.45) is 0 Å². The summed E-state index contributed by atoms with van der Waals surface area (Å²) in [5.74, 6) is -1.52. The quantitative estimate of drug-likeness (QED) is 0.0433. The molecule has 0 aliphatic heterocycles. The Morgan fingerprint density at radius 2 is 1.02 bits per heavy atom. The number of carboxylic acid groups (broad SMARTS) is 1. The molecule has 0 aromatic rings. The zero-order valence-electron chi connectivity index (χ0n) is 30.1. The van der Waals surface area contributed by atoms with Crippen LogP contribution in [0.5, 0.6) is 0 Å². The van der Waals surface area contributed by atoms with Gasteiger partial charge in [0.05, 0.1) is 34.4 Å². The largest absolute Gasteiger partial charge is 0.477 e. The molecule has 1 N–H and O–H groups in total. The van der Waals surface area contributed by atoms with Crippen LogP contribution in [0, 0.1) is 0 Å². The van der Waals surface area contributed by atoms with E-state index in [4.69, 9.17) is 14.2 Å². The molecule has 0 aromatic carbocycles. The molecule has 0 bridgehead atoms. The van der Waals surface area contributed by atoms with Gasteiger partial charge in [0.15, 0.2) is 12.1 Å². The van der Waals surface area contributed by atoms with Gasteiger partial charge in [-0.2, -0.15) is 0 Å². The summed E-state index contributed by atoms with van der Waals surface area (Å²) in [4.78, 5) is 35.9. The van der Waals surface area contributed by atoms with E-state index in [0.717, 1.165) is 19.3 Å². The molecule has 0 radical (unpaired) electrons. The highest BCUT2D eigenvalue weighted by atomic mass is 16.6. The van der Waals surface area contributed by atoms with Crippen molar-refractivity contribution in [3.05, 3.63) is 0 Å². The first-order valence-electron chi connectivity index (χ1n) is 18.6. The van der Waals surface area contributed by atoms with Gasteiger partial charge in [-0.3, -0.25) is 9.59 Å². The van der Waals surface area contributed by atoms with Crippen molar-refractivity contribution in [1.29, 1.82) is 0 Å². The molecular formula is C37H72NO7+. The summed E-state index contributed by atoms with van der Waals surface area (Å²) in [5, 5.41) is 9.49. The van der Waals surface area contributed by atoms with Gasteiger partial charge in [-0.15, -0.1) is 0 Å². The summed E-state index contributed by atoms with van der Waals surface area (Å²) in [6, 6.07) is -0.604. The Morgan fingerprint density at radius 1 is 0.578 bits per heavy atom. The lowest BCUT2D eigenvalue weighted by Gasteiger charge is -2.31. The van der Waals surface area contributed by atoms with Crippen LogP contribution in [0.3, 0.4) is 0 Å². The first kappa shape index (κ1) is 43.3. The number of likely N-dealkylation sites (N-methyl/N-ethyl adjacent to an activating group) is 1. The van der Waals surface area contributed by atoms with Crippen molar-refractivity contribution in [2.45, 2.75) is 180 Å². The number of quaternary nitrogens is 1. The number of ether oxygens (including phenoxy) is 3. The van der Waals surface area contributed by atoms with Gasteiger partial charge in [0.1, 0.15) is 6.61 Å². The summed E-state index contributed by atoms with van der Waals surface area (Å²) in [7, 11) is 5.49. The van der Waals surface area contributed by atoms with Crippen LogP contribution in [0.2, 0.25) is 0 Å². The van der Waals surface area contributed by atoms with Gasteiger partial charge < -0.3 is 23.8 Å². The van der Waals surface area contributed by atoms with Crippen LogP contribution in [0.4, 0.5) is 0 Å². The Kier molecular flexibility index (Phi) is 28.6. The van der Waals surface area contributed by atoms with Gasteiger partial charge in [0, 0.05) is 19.3 Å². The molecule has 0 rings (SSSR count). The SMILES string of the molecule is CCCCCCCCCCCCCCCCCCCCCCC(=O)OC(COCCC(C(=O)O)[N+](C)(C)C)COC(=O)CCC. The van der Waals surface area contributed by atoms with Gasteiger partial charge in [-0.1, -0.05) is 136 Å². The number of unbranched alkanes of at least 4 members (excludes halogenated alkanes) is 19. The van der Waals surface area contributed by atoms with E-state index in [-0.39, 0.29) is 36.2 Å². The fraction of sp³-hybridized carbons (Fsp3) is 0.919. The minimum absolute atomic E-state index is 0.0540. The maximum absolute atomic E-state index is 12.5. The fourth-order valence-electron chi connectivity index (χ4n) is 5.60. The highest BCUT2D eigenvalue weighted by molar-refractivity contribution is 5.72. The molecule has 0 heterocycles. The summed E-state index contributed by atoms with van der Waals surface area (Å²) < 4.78 is 16.8. The van der Waals surface area contributed by atoms with Crippen molar-refractivity contribution in [1.82, 2.24) is 0 Å². The monoisotopic (exact) mass is 643 g/mol. The molecule has 2 atom stereocenters. The molecule has 0 amide bonds. The van der Waals surface area contributed by atoms with Gasteiger partial charge in [-0.25, -0.2) is 4.79 Å². The number of carboxylic acids is 1. The maximum Gasteiger partial charge on any atom is 0.362 e. The van der Waals surface area contributed by atoms with E-state index in [1.165, 1.54) is 109 Å². The van der Waals surface area contributed by atoms with E-state index in [9.17, 15) is 19.5 Å². The molecule has 8 nitrogen and oxygen atoms in total. The summed E-state index contributed by atoms with van der Waals surface area (Å²) in [5.41, 5.74) is 0. The molecule has 0 aromatic heterocycles. The molecular weight excluding hydrogens is 570 g/mol. The van der Waals surface area contributed by atoms with E-state index in [2.05, 4.69) is 6.92 Å². The second kappa shape index (κ2) is 29.7. The number of rotatable bonds is 33. The number of aliphatic carboxylic acids is 1. The Hall–Kier alpha value is -1.67. The molecule has 45 heavy (non-hydrogen) atoms. The van der Waals surface area contributed by atoms with Gasteiger partial charge >= 0.3 is 17.9 Å². The lowest BCUT2D eigenvalue weighted by Crippen LogP contribution is -2.50. The smallest absolute Gasteiger partial charge is 0.362 e. The number of carbonyl (C=O) groups is 3. The molecule has 266 valence electrons. The van der Waals surface area contributed by atoms with Crippen LogP contribution in [0.1, 0.15) is 168 Å². The Bertz CT molecular complexity index is 722. The normalized spacial score (nSPS) is 13.0. The summed E-state index contributed by atoms with van der Waals surface area (Å²) >= 11 is 0. The molecule has 0 fully saturated rings. The zero-order valence-corrected chi connectivity index (χ0v) is 30.1. The number of nitrogens with zero attached hydrogens (tertiary/aromatic N) is 1. The topological polar surface area (TPSA) is 99.1 Å². The standard InChI is InChI=1S/C37H71NO7/c1-6-8-9-10-11-12-13-14-15-16-17-18-19-20-21-22-23-24-25-26-28-36(40)45-33(32-44-35(39)27-7-2)31-43-30-29-34(37(41)42)38(3,4)5/h33-34H,6-32H2,1-5H3/p+1. The maximum atomic E-state index is 12.5. The van der Waals surface area contributed by atoms with E-state index >= 15 is 0 Å². The molecule has 0 spiro atoms. The van der Waals surface area contributed by atoms with Crippen LogP contribution >= 0.6 is 0 Å². The first-order valence-corrected chi connectivity index (χ1v) is 18.6. The predicted molar refractivity (Wildman–Crippen MR) is 183 cm³/mol. The highest BCUT2D eigenvalue weighted by Crippen LogP contribution is 2.15. The molecule has 0 saturated heterocycles. The number of hydrogen-bond acceptors (Lipinski definition) is 6. The van der Waals surface area contributed by atoms with Crippen LogP contribution in [-0.4, -0.2) is 80.6 Å². The minimum atomic E-state index is -0.877. The first-order chi connectivity index (χ1) is 21.6. The van der Waals surface area contributed by atoms with Crippen LogP contribution in [-0.2, 0) is 28.6 Å². The summed E-state index contributed by atoms with van der Waals surface area (Å²) in [6.45, 7) is 4.40. The van der Waals surface area contributed by atoms with E-state index in [1.807, 2.05) is 28.1 Å². The van der Waals surface area contributed by atoms with Crippen molar-refractivity contribution in [3.63, 3.8) is 0 Å². The molecule has 2 unspecified atom stereocenters. The van der Waals surface area contributed by atoms with Gasteiger partial charge in [0.2, 0.25) is 0 Å². The average molecular weight is 643 g/mol. The Labute approximate surface area is 276 Å². The predicted octanol–water partition coefficient (Wildman–Crippen LogP) is 9.02. The third kappa shape index (κ3) is 28.3. The number of esters is 2. The highest BCUT2D eigenvalue weighted by Gasteiger charge is 2.31. The average Bonchev–Trinajstić information content (AvgIpc) is 2.97. The minimum Gasteiger partial charge on any atom is -0.477 e. The third-order valence-electron chi connectivity index (χ3n) is 8.48. The second-order valence-electron chi connectivity index (χ2n) is 13.8. The molecule has 8 heteroatoms. The van der Waals surface area contributed by atoms with E-state index < -0.39 is 18.1 Å². The van der Waals surface area contributed by atoms with Crippen molar-refractivity contribution in [3.8, 4) is 0 Å². The van der Waals surface area contributed by atoms with Gasteiger partial charge in [-0.05, 0) is 12.8 Å². The van der Waals surface area contributed by atoms with Crippen LogP contribution in [0.25, 0.3) is 0 Å². The van der Waals surface area contributed by atoms with Crippen LogP contribution < -0.4 is 0 Å². The Balaban J connectivity index is 3.93. The molecule has 0 aliphatic rings.